The van der Waals surface area contributed by atoms with E-state index in [0.717, 1.165) is 12.0 Å². The Bertz CT molecular complexity index is 886. The maximum absolute atomic E-state index is 13.6. The third-order valence-electron chi connectivity index (χ3n) is 7.89. The van der Waals surface area contributed by atoms with E-state index in [0.29, 0.717) is 44.6 Å². The summed E-state index contributed by atoms with van der Waals surface area (Å²) in [7, 11) is 0. The van der Waals surface area contributed by atoms with Crippen molar-refractivity contribution in [3.63, 3.8) is 0 Å². The third-order valence-corrected chi connectivity index (χ3v) is 7.89. The Morgan fingerprint density at radius 2 is 1.57 bits per heavy atom. The van der Waals surface area contributed by atoms with Gasteiger partial charge in [0.2, 0.25) is 17.7 Å². The number of amides is 3. The summed E-state index contributed by atoms with van der Waals surface area (Å²) < 4.78 is 5.40. The van der Waals surface area contributed by atoms with Crippen LogP contribution in [0.2, 0.25) is 0 Å². The van der Waals surface area contributed by atoms with Crippen molar-refractivity contribution in [2.24, 2.45) is 35.5 Å². The largest absolute Gasteiger partial charge is 0.378 e. The molecule has 2 bridgehead atoms. The van der Waals surface area contributed by atoms with Crippen molar-refractivity contribution in [3.8, 4) is 0 Å². The highest BCUT2D eigenvalue weighted by Gasteiger charge is 2.68. The summed E-state index contributed by atoms with van der Waals surface area (Å²) in [5.41, 5.74) is 0.962. The molecule has 1 aromatic carbocycles. The quantitative estimate of drug-likeness (QED) is 0.562. The second-order valence-corrected chi connectivity index (χ2v) is 9.34. The molecule has 4 aliphatic carbocycles. The fourth-order valence-corrected chi connectivity index (χ4v) is 6.41. The molecule has 0 radical (unpaired) electrons. The van der Waals surface area contributed by atoms with E-state index in [1.165, 1.54) is 4.90 Å². The van der Waals surface area contributed by atoms with Crippen molar-refractivity contribution in [3.05, 3.63) is 48.0 Å². The predicted octanol–water partition coefficient (Wildman–Crippen LogP) is 1.51. The van der Waals surface area contributed by atoms with Crippen molar-refractivity contribution >= 4 is 17.7 Å². The fraction of sp³-hybridized carbons (Fsp3) is 0.542. The summed E-state index contributed by atoms with van der Waals surface area (Å²) in [6, 6.07) is 8.93. The number of carbonyl (C=O) groups is 3. The smallest absolute Gasteiger partial charge is 0.246 e. The normalized spacial score (nSPS) is 37.2. The molecule has 0 unspecified atom stereocenters. The van der Waals surface area contributed by atoms with Gasteiger partial charge in [-0.3, -0.25) is 19.3 Å². The van der Waals surface area contributed by atoms with Crippen LogP contribution in [0.25, 0.3) is 0 Å². The maximum atomic E-state index is 13.6. The number of nitrogens with zero attached hydrogens (tertiary/aromatic N) is 2. The monoisotopic (exact) mass is 406 g/mol. The lowest BCUT2D eigenvalue weighted by molar-refractivity contribution is -0.153. The number of hydrogen-bond donors (Lipinski definition) is 0. The number of ether oxygens (including phenoxy) is 1. The van der Waals surface area contributed by atoms with Crippen LogP contribution < -0.4 is 0 Å². The van der Waals surface area contributed by atoms with Gasteiger partial charge in [-0.1, -0.05) is 42.5 Å². The number of morpholine rings is 1. The van der Waals surface area contributed by atoms with Gasteiger partial charge in [0.1, 0.15) is 6.04 Å². The number of imide groups is 1. The topological polar surface area (TPSA) is 66.9 Å². The van der Waals surface area contributed by atoms with E-state index in [1.807, 2.05) is 30.3 Å². The van der Waals surface area contributed by atoms with Crippen LogP contribution in [-0.2, 0) is 25.5 Å². The lowest BCUT2D eigenvalue weighted by Crippen LogP contribution is -2.54. The second kappa shape index (κ2) is 6.77. The summed E-state index contributed by atoms with van der Waals surface area (Å²) >= 11 is 0. The first-order valence-corrected chi connectivity index (χ1v) is 11.1. The van der Waals surface area contributed by atoms with Crippen molar-refractivity contribution < 1.29 is 19.1 Å². The van der Waals surface area contributed by atoms with Gasteiger partial charge < -0.3 is 9.64 Å². The number of likely N-dealkylation sites (tertiary alicyclic amines) is 1. The molecule has 2 aliphatic heterocycles. The molecular formula is C24H26N2O4. The van der Waals surface area contributed by atoms with Gasteiger partial charge in [0.15, 0.2) is 0 Å². The minimum absolute atomic E-state index is 0.128. The highest BCUT2D eigenvalue weighted by atomic mass is 16.5. The zero-order chi connectivity index (χ0) is 20.4. The molecule has 6 nitrogen and oxygen atoms in total. The minimum Gasteiger partial charge on any atom is -0.378 e. The molecule has 4 fully saturated rings. The zero-order valence-electron chi connectivity index (χ0n) is 16.9. The van der Waals surface area contributed by atoms with Crippen LogP contribution in [0.1, 0.15) is 12.0 Å². The number of carbonyl (C=O) groups excluding carboxylic acids is 3. The van der Waals surface area contributed by atoms with Gasteiger partial charge in [0.25, 0.3) is 0 Å². The van der Waals surface area contributed by atoms with Crippen LogP contribution in [-0.4, -0.2) is 59.9 Å². The highest BCUT2D eigenvalue weighted by molar-refractivity contribution is 6.09. The molecule has 7 rings (SSSR count). The molecule has 6 heteroatoms. The summed E-state index contributed by atoms with van der Waals surface area (Å²) in [5.74, 6) is 0.520. The predicted molar refractivity (Wildman–Crippen MR) is 108 cm³/mol. The van der Waals surface area contributed by atoms with Gasteiger partial charge in [-0.05, 0) is 35.7 Å². The Hall–Kier alpha value is -2.47. The third kappa shape index (κ3) is 2.62. The average Bonchev–Trinajstić information content (AvgIpc) is 3.57. The van der Waals surface area contributed by atoms with Gasteiger partial charge in [-0.2, -0.15) is 0 Å². The first kappa shape index (κ1) is 18.3. The summed E-state index contributed by atoms with van der Waals surface area (Å²) in [5, 5.41) is 0. The molecule has 2 heterocycles. The SMILES string of the molecule is O=C([C@H](Cc1ccccc1)N1C(=O)[C@@H]2[C@H]3C=C[C@@H]([C@@H]4C[C@H]34)[C@@H]2C1=O)N1CCOCC1. The van der Waals surface area contributed by atoms with E-state index >= 15 is 0 Å². The minimum atomic E-state index is -0.771. The molecule has 0 spiro atoms. The van der Waals surface area contributed by atoms with Crippen molar-refractivity contribution in [1.29, 1.82) is 0 Å². The second-order valence-electron chi connectivity index (χ2n) is 9.34. The standard InChI is InChI=1S/C24H26N2O4/c27-22(25-8-10-30-11-9-25)19(12-14-4-2-1-3-5-14)26-23(28)20-15-6-7-16(18-13-17(15)18)21(20)24(26)29/h1-7,15-21H,8-13H2/t15-,16-,17-,18+,19-,20-,21+/m0/s1. The number of benzene rings is 1. The van der Waals surface area contributed by atoms with Crippen LogP contribution in [0.5, 0.6) is 0 Å². The fourth-order valence-electron chi connectivity index (χ4n) is 6.41. The van der Waals surface area contributed by atoms with Crippen LogP contribution in [0.4, 0.5) is 0 Å². The highest BCUT2D eigenvalue weighted by Crippen LogP contribution is 2.65. The Balaban J connectivity index is 1.34. The van der Waals surface area contributed by atoms with Crippen molar-refractivity contribution in [2.45, 2.75) is 18.9 Å². The Labute approximate surface area is 175 Å². The summed E-state index contributed by atoms with van der Waals surface area (Å²) in [6.07, 6.45) is 5.84. The molecule has 3 amide bonds. The van der Waals surface area contributed by atoms with Gasteiger partial charge >= 0.3 is 0 Å². The molecule has 0 aromatic heterocycles. The molecule has 1 aromatic rings. The molecule has 6 aliphatic rings. The summed E-state index contributed by atoms with van der Waals surface area (Å²) in [6.45, 7) is 2.00. The van der Waals surface area contributed by atoms with Crippen molar-refractivity contribution in [1.82, 2.24) is 9.80 Å². The van der Waals surface area contributed by atoms with Gasteiger partial charge in [-0.25, -0.2) is 0 Å². The van der Waals surface area contributed by atoms with E-state index < -0.39 is 6.04 Å². The van der Waals surface area contributed by atoms with E-state index in [9.17, 15) is 14.4 Å². The van der Waals surface area contributed by atoms with Crippen LogP contribution in [0, 0.1) is 35.5 Å². The Morgan fingerprint density at radius 3 is 2.17 bits per heavy atom. The van der Waals surface area contributed by atoms with E-state index in [-0.39, 0.29) is 41.4 Å². The maximum Gasteiger partial charge on any atom is 0.246 e. The first-order valence-electron chi connectivity index (χ1n) is 11.1. The number of rotatable bonds is 4. The zero-order valence-corrected chi connectivity index (χ0v) is 16.9. The van der Waals surface area contributed by atoms with Crippen LogP contribution in [0.3, 0.4) is 0 Å². The lowest BCUT2D eigenvalue weighted by Gasteiger charge is -2.37. The Morgan fingerprint density at radius 1 is 0.967 bits per heavy atom. The Kier molecular flexibility index (Phi) is 4.13. The summed E-state index contributed by atoms with van der Waals surface area (Å²) in [4.78, 5) is 43.9. The average molecular weight is 406 g/mol. The van der Waals surface area contributed by atoms with Gasteiger partial charge in [-0.15, -0.1) is 0 Å². The molecular weight excluding hydrogens is 380 g/mol. The molecule has 30 heavy (non-hydrogen) atoms. The van der Waals surface area contributed by atoms with E-state index in [2.05, 4.69) is 12.2 Å². The van der Waals surface area contributed by atoms with E-state index in [1.54, 1.807) is 4.90 Å². The molecule has 0 N–H and O–H groups in total. The molecule has 2 saturated heterocycles. The van der Waals surface area contributed by atoms with Crippen LogP contribution in [0.15, 0.2) is 42.5 Å². The first-order chi connectivity index (χ1) is 14.6. The van der Waals surface area contributed by atoms with E-state index in [4.69, 9.17) is 4.74 Å². The van der Waals surface area contributed by atoms with Crippen molar-refractivity contribution in [2.75, 3.05) is 26.3 Å². The number of allylic oxidation sites excluding steroid dienone is 2. The van der Waals surface area contributed by atoms with Crippen LogP contribution >= 0.6 is 0 Å². The molecule has 7 atom stereocenters. The molecule has 2 saturated carbocycles. The number of hydrogen-bond acceptors (Lipinski definition) is 4. The molecule has 156 valence electrons. The lowest BCUT2D eigenvalue weighted by atomic mass is 9.63. The van der Waals surface area contributed by atoms with Gasteiger partial charge in [0.05, 0.1) is 25.0 Å². The van der Waals surface area contributed by atoms with Gasteiger partial charge in [0, 0.05) is 19.5 Å².